The number of aliphatic hydroxyl groups is 1. The molecule has 158 valence electrons. The van der Waals surface area contributed by atoms with Gasteiger partial charge in [-0.2, -0.15) is 0 Å². The van der Waals surface area contributed by atoms with Crippen molar-refractivity contribution in [3.8, 4) is 0 Å². The van der Waals surface area contributed by atoms with Crippen molar-refractivity contribution < 1.29 is 23.8 Å². The van der Waals surface area contributed by atoms with Gasteiger partial charge in [-0.05, 0) is 36.2 Å². The molecule has 0 radical (unpaired) electrons. The lowest BCUT2D eigenvalue weighted by molar-refractivity contribution is -0.125. The van der Waals surface area contributed by atoms with Crippen molar-refractivity contribution in [3.05, 3.63) is 83.7 Å². The Labute approximate surface area is 174 Å². The number of benzene rings is 2. The van der Waals surface area contributed by atoms with Crippen LogP contribution in [-0.4, -0.2) is 48.3 Å². The Hall–Kier alpha value is -3.03. The Bertz CT molecular complexity index is 871. The van der Waals surface area contributed by atoms with Crippen LogP contribution in [0.15, 0.2) is 66.7 Å². The highest BCUT2D eigenvalue weighted by Crippen LogP contribution is 2.16. The second-order valence-electron chi connectivity index (χ2n) is 7.08. The zero-order valence-electron chi connectivity index (χ0n) is 16.5. The van der Waals surface area contributed by atoms with E-state index in [9.17, 15) is 19.1 Å². The van der Waals surface area contributed by atoms with Crippen LogP contribution in [0.5, 0.6) is 0 Å². The van der Waals surface area contributed by atoms with Gasteiger partial charge in [-0.3, -0.25) is 9.59 Å². The molecular weight excluding hydrogens is 387 g/mol. The highest BCUT2D eigenvalue weighted by atomic mass is 19.1. The average molecular weight is 412 g/mol. The molecule has 0 spiro atoms. The lowest BCUT2D eigenvalue weighted by Gasteiger charge is -2.31. The summed E-state index contributed by atoms with van der Waals surface area (Å²) < 4.78 is 18.8. The smallest absolute Gasteiger partial charge is 0.251 e. The van der Waals surface area contributed by atoms with Crippen molar-refractivity contribution in [1.82, 2.24) is 10.6 Å². The van der Waals surface area contributed by atoms with E-state index in [1.165, 1.54) is 24.3 Å². The van der Waals surface area contributed by atoms with Crippen LogP contribution in [0.25, 0.3) is 0 Å². The second-order valence-corrected chi connectivity index (χ2v) is 7.08. The highest BCUT2D eigenvalue weighted by Gasteiger charge is 2.29. The Balaban J connectivity index is 1.48. The van der Waals surface area contributed by atoms with Crippen LogP contribution in [0.2, 0.25) is 0 Å². The Morgan fingerprint density at radius 1 is 1.03 bits per heavy atom. The summed E-state index contributed by atoms with van der Waals surface area (Å²) in [5.41, 5.74) is 1.45. The van der Waals surface area contributed by atoms with E-state index < -0.39 is 30.0 Å². The number of carbonyl (C=O) groups is 2. The van der Waals surface area contributed by atoms with E-state index in [-0.39, 0.29) is 18.9 Å². The summed E-state index contributed by atoms with van der Waals surface area (Å²) in [6.07, 6.45) is 3.12. The first-order chi connectivity index (χ1) is 14.5. The number of halogens is 1. The number of hydrogen-bond donors (Lipinski definition) is 3. The van der Waals surface area contributed by atoms with Gasteiger partial charge in [0.2, 0.25) is 5.91 Å². The average Bonchev–Trinajstić information content (AvgIpc) is 2.76. The third-order valence-corrected chi connectivity index (χ3v) is 4.83. The molecule has 7 heteroatoms. The van der Waals surface area contributed by atoms with Crippen molar-refractivity contribution >= 4 is 11.8 Å². The number of aliphatic hydroxyl groups excluding tert-OH is 1. The molecule has 2 aromatic carbocycles. The third-order valence-electron chi connectivity index (χ3n) is 4.83. The summed E-state index contributed by atoms with van der Waals surface area (Å²) in [6.45, 7) is 0.212. The number of carbonyl (C=O) groups excluding carboxylic acids is 2. The molecule has 0 bridgehead atoms. The van der Waals surface area contributed by atoms with Crippen LogP contribution in [0.4, 0.5) is 4.39 Å². The fourth-order valence-corrected chi connectivity index (χ4v) is 3.22. The van der Waals surface area contributed by atoms with Crippen LogP contribution in [-0.2, 0) is 16.0 Å². The lowest BCUT2D eigenvalue weighted by Crippen LogP contribution is -2.49. The molecule has 0 fully saturated rings. The fourth-order valence-electron chi connectivity index (χ4n) is 3.22. The molecule has 1 heterocycles. The molecule has 2 aromatic rings. The van der Waals surface area contributed by atoms with Crippen LogP contribution in [0, 0.1) is 5.82 Å². The van der Waals surface area contributed by atoms with E-state index in [0.717, 1.165) is 12.0 Å². The molecule has 0 saturated heterocycles. The summed E-state index contributed by atoms with van der Waals surface area (Å²) in [5.74, 6) is -0.972. The van der Waals surface area contributed by atoms with Crippen molar-refractivity contribution in [2.45, 2.75) is 31.1 Å². The standard InChI is InChI=1S/C23H25FN2O4/c24-18-8-6-17(7-9-18)23(29)26-20-11-10-19(30-21(20)15-27)14-22(28)25-13-12-16-4-2-1-3-5-16/h1-11,19-21,27H,12-15H2,(H,25,28)(H,26,29)/t19-,20-,21-/m1/s1. The van der Waals surface area contributed by atoms with E-state index in [2.05, 4.69) is 10.6 Å². The van der Waals surface area contributed by atoms with E-state index in [0.29, 0.717) is 12.1 Å². The maximum absolute atomic E-state index is 13.0. The minimum atomic E-state index is -0.679. The van der Waals surface area contributed by atoms with E-state index in [1.54, 1.807) is 12.2 Å². The van der Waals surface area contributed by atoms with E-state index in [1.807, 2.05) is 30.3 Å². The molecule has 1 aliphatic rings. The maximum atomic E-state index is 13.0. The van der Waals surface area contributed by atoms with Gasteiger partial charge in [0, 0.05) is 12.1 Å². The van der Waals surface area contributed by atoms with Gasteiger partial charge in [0.1, 0.15) is 11.9 Å². The zero-order chi connectivity index (χ0) is 21.3. The molecule has 30 heavy (non-hydrogen) atoms. The van der Waals surface area contributed by atoms with Crippen molar-refractivity contribution in [2.75, 3.05) is 13.2 Å². The normalized spacial score (nSPS) is 20.5. The molecule has 0 unspecified atom stereocenters. The van der Waals surface area contributed by atoms with Crippen LogP contribution in [0.1, 0.15) is 22.3 Å². The van der Waals surface area contributed by atoms with Gasteiger partial charge < -0.3 is 20.5 Å². The van der Waals surface area contributed by atoms with E-state index >= 15 is 0 Å². The van der Waals surface area contributed by atoms with Crippen molar-refractivity contribution in [1.29, 1.82) is 0 Å². The maximum Gasteiger partial charge on any atom is 0.251 e. The van der Waals surface area contributed by atoms with Gasteiger partial charge in [-0.15, -0.1) is 0 Å². The van der Waals surface area contributed by atoms with Crippen molar-refractivity contribution in [2.24, 2.45) is 0 Å². The second kappa shape index (κ2) is 10.7. The topological polar surface area (TPSA) is 87.7 Å². The van der Waals surface area contributed by atoms with Gasteiger partial charge in [-0.25, -0.2) is 4.39 Å². The van der Waals surface area contributed by atoms with Gasteiger partial charge in [0.15, 0.2) is 0 Å². The minimum absolute atomic E-state index is 0.125. The van der Waals surface area contributed by atoms with Crippen LogP contribution in [0.3, 0.4) is 0 Å². The monoisotopic (exact) mass is 412 g/mol. The fraction of sp³-hybridized carbons (Fsp3) is 0.304. The number of amides is 2. The molecule has 2 amide bonds. The summed E-state index contributed by atoms with van der Waals surface area (Å²) >= 11 is 0. The molecule has 6 nitrogen and oxygen atoms in total. The summed E-state index contributed by atoms with van der Waals surface area (Å²) in [4.78, 5) is 24.5. The molecule has 3 N–H and O–H groups in total. The molecule has 3 atom stereocenters. The van der Waals surface area contributed by atoms with Crippen LogP contribution >= 0.6 is 0 Å². The molecule has 0 saturated carbocycles. The number of hydrogen-bond acceptors (Lipinski definition) is 4. The quantitative estimate of drug-likeness (QED) is 0.579. The molecule has 0 aliphatic carbocycles. The first-order valence-corrected chi connectivity index (χ1v) is 9.87. The Morgan fingerprint density at radius 2 is 1.77 bits per heavy atom. The number of ether oxygens (including phenoxy) is 1. The Morgan fingerprint density at radius 3 is 2.47 bits per heavy atom. The van der Waals surface area contributed by atoms with Crippen molar-refractivity contribution in [3.63, 3.8) is 0 Å². The molecule has 0 aromatic heterocycles. The summed E-state index contributed by atoms with van der Waals surface area (Å²) in [7, 11) is 0. The van der Waals surface area contributed by atoms with Crippen LogP contribution < -0.4 is 10.6 Å². The zero-order valence-corrected chi connectivity index (χ0v) is 16.5. The number of rotatable bonds is 8. The van der Waals surface area contributed by atoms with Gasteiger partial charge in [0.05, 0.1) is 25.2 Å². The van der Waals surface area contributed by atoms with E-state index in [4.69, 9.17) is 4.74 Å². The van der Waals surface area contributed by atoms with Gasteiger partial charge in [-0.1, -0.05) is 42.5 Å². The van der Waals surface area contributed by atoms with Gasteiger partial charge >= 0.3 is 0 Å². The predicted octanol–water partition coefficient (Wildman–Crippen LogP) is 1.99. The highest BCUT2D eigenvalue weighted by molar-refractivity contribution is 5.94. The largest absolute Gasteiger partial charge is 0.394 e. The number of nitrogens with one attached hydrogen (secondary N) is 2. The first-order valence-electron chi connectivity index (χ1n) is 9.87. The molecule has 3 rings (SSSR count). The summed E-state index contributed by atoms with van der Waals surface area (Å²) in [5, 5.41) is 15.3. The first kappa shape index (κ1) is 21.7. The SMILES string of the molecule is O=C(C[C@H]1C=C[C@@H](NC(=O)c2ccc(F)cc2)[C@@H](CO)O1)NCCc1ccccc1. The summed E-state index contributed by atoms with van der Waals surface area (Å²) in [6, 6.07) is 14.5. The minimum Gasteiger partial charge on any atom is -0.394 e. The molecular formula is C23H25FN2O4. The molecule has 1 aliphatic heterocycles. The lowest BCUT2D eigenvalue weighted by atomic mass is 10.0. The van der Waals surface area contributed by atoms with Gasteiger partial charge in [0.25, 0.3) is 5.91 Å². The Kier molecular flexibility index (Phi) is 7.70. The predicted molar refractivity (Wildman–Crippen MR) is 110 cm³/mol. The third kappa shape index (κ3) is 6.23.